The van der Waals surface area contributed by atoms with Crippen LogP contribution in [-0.2, 0) is 11.3 Å². The van der Waals surface area contributed by atoms with Crippen LogP contribution in [0.1, 0.15) is 29.7 Å². The normalized spacial score (nSPS) is 27.0. The van der Waals surface area contributed by atoms with Gasteiger partial charge in [0.1, 0.15) is 0 Å². The lowest BCUT2D eigenvalue weighted by Gasteiger charge is -2.29. The van der Waals surface area contributed by atoms with Gasteiger partial charge in [-0.3, -0.25) is 0 Å². The summed E-state index contributed by atoms with van der Waals surface area (Å²) in [5.74, 6) is 0. The van der Waals surface area contributed by atoms with Crippen molar-refractivity contribution in [1.82, 2.24) is 0 Å². The molecule has 1 aromatic rings. The second-order valence-corrected chi connectivity index (χ2v) is 3.74. The zero-order valence-electron chi connectivity index (χ0n) is 8.08. The van der Waals surface area contributed by atoms with Crippen molar-refractivity contribution in [3.05, 3.63) is 34.9 Å². The van der Waals surface area contributed by atoms with E-state index < -0.39 is 0 Å². The van der Waals surface area contributed by atoms with Gasteiger partial charge in [-0.25, -0.2) is 0 Å². The van der Waals surface area contributed by atoms with E-state index in [9.17, 15) is 0 Å². The highest BCUT2D eigenvalue weighted by atomic mass is 16.5. The summed E-state index contributed by atoms with van der Waals surface area (Å²) in [6.07, 6.45) is 0.134. The Morgan fingerprint density at radius 3 is 3.00 bits per heavy atom. The Bertz CT molecular complexity index is 322. The van der Waals surface area contributed by atoms with E-state index in [2.05, 4.69) is 25.1 Å². The van der Waals surface area contributed by atoms with Crippen molar-refractivity contribution in [2.75, 3.05) is 0 Å². The largest absolute Gasteiger partial charge is 0.372 e. The van der Waals surface area contributed by atoms with Crippen molar-refractivity contribution in [3.63, 3.8) is 0 Å². The summed E-state index contributed by atoms with van der Waals surface area (Å²) in [4.78, 5) is 0. The Balaban J connectivity index is 2.45. The average molecular weight is 177 g/mol. The zero-order valence-corrected chi connectivity index (χ0v) is 8.08. The highest BCUT2D eigenvalue weighted by Gasteiger charge is 2.23. The quantitative estimate of drug-likeness (QED) is 0.657. The minimum atomic E-state index is 0.0312. The van der Waals surface area contributed by atoms with E-state index in [4.69, 9.17) is 10.5 Å². The van der Waals surface area contributed by atoms with Gasteiger partial charge in [-0.15, -0.1) is 0 Å². The molecule has 0 saturated carbocycles. The van der Waals surface area contributed by atoms with Gasteiger partial charge in [0.15, 0.2) is 0 Å². The number of benzene rings is 1. The van der Waals surface area contributed by atoms with E-state index in [1.54, 1.807) is 0 Å². The molecule has 2 nitrogen and oxygen atoms in total. The van der Waals surface area contributed by atoms with Crippen LogP contribution in [0.4, 0.5) is 0 Å². The predicted octanol–water partition coefficient (Wildman–Crippen LogP) is 1.91. The van der Waals surface area contributed by atoms with E-state index in [1.807, 2.05) is 6.92 Å². The Labute approximate surface area is 78.7 Å². The van der Waals surface area contributed by atoms with Gasteiger partial charge in [0.25, 0.3) is 0 Å². The lowest BCUT2D eigenvalue weighted by molar-refractivity contribution is 0.0213. The summed E-state index contributed by atoms with van der Waals surface area (Å²) in [5, 5.41) is 0. The fourth-order valence-corrected chi connectivity index (χ4v) is 1.73. The van der Waals surface area contributed by atoms with Gasteiger partial charge in [0.05, 0.1) is 18.8 Å². The molecule has 0 aromatic heterocycles. The number of ether oxygens (including phenoxy) is 1. The fraction of sp³-hybridized carbons (Fsp3) is 0.455. The van der Waals surface area contributed by atoms with Crippen LogP contribution in [-0.4, -0.2) is 6.10 Å². The summed E-state index contributed by atoms with van der Waals surface area (Å²) in [5.41, 5.74) is 9.78. The summed E-state index contributed by atoms with van der Waals surface area (Å²) < 4.78 is 5.53. The number of hydrogen-bond donors (Lipinski definition) is 1. The molecule has 0 spiro atoms. The molecule has 0 bridgehead atoms. The van der Waals surface area contributed by atoms with Crippen molar-refractivity contribution in [1.29, 1.82) is 0 Å². The molecular formula is C11H15NO. The lowest BCUT2D eigenvalue weighted by Crippen LogP contribution is -2.31. The maximum absolute atomic E-state index is 6.03. The molecule has 0 fully saturated rings. The van der Waals surface area contributed by atoms with E-state index in [0.717, 1.165) is 0 Å². The Kier molecular flexibility index (Phi) is 2.10. The number of rotatable bonds is 0. The standard InChI is InChI=1S/C11H15NO/c1-7-3-4-9-6-13-8(2)11(12)10(9)5-7/h3-5,8,11H,6,12H2,1-2H3/t8-,11-/m1/s1. The van der Waals surface area contributed by atoms with Crippen LogP contribution in [0, 0.1) is 6.92 Å². The summed E-state index contributed by atoms with van der Waals surface area (Å²) in [6.45, 7) is 4.81. The molecular weight excluding hydrogens is 162 g/mol. The van der Waals surface area contributed by atoms with Gasteiger partial charge in [-0.2, -0.15) is 0 Å². The molecule has 70 valence electrons. The van der Waals surface area contributed by atoms with Gasteiger partial charge >= 0.3 is 0 Å². The first-order valence-corrected chi connectivity index (χ1v) is 4.65. The lowest BCUT2D eigenvalue weighted by atomic mass is 9.94. The molecule has 1 aliphatic heterocycles. The number of hydrogen-bond acceptors (Lipinski definition) is 2. The Hall–Kier alpha value is -0.860. The molecule has 2 rings (SSSR count). The summed E-state index contributed by atoms with van der Waals surface area (Å²) in [6, 6.07) is 6.41. The zero-order chi connectivity index (χ0) is 9.42. The van der Waals surface area contributed by atoms with Gasteiger partial charge < -0.3 is 10.5 Å². The first-order chi connectivity index (χ1) is 6.18. The average Bonchev–Trinajstić information content (AvgIpc) is 2.12. The third-order valence-corrected chi connectivity index (χ3v) is 2.67. The SMILES string of the molecule is Cc1ccc2c(c1)[C@H](N)[C@@H](C)OC2. The minimum absolute atomic E-state index is 0.0312. The minimum Gasteiger partial charge on any atom is -0.372 e. The molecule has 2 heteroatoms. The third kappa shape index (κ3) is 1.47. The van der Waals surface area contributed by atoms with Crippen LogP contribution in [0.25, 0.3) is 0 Å². The molecule has 2 N–H and O–H groups in total. The van der Waals surface area contributed by atoms with Crippen LogP contribution < -0.4 is 5.73 Å². The van der Waals surface area contributed by atoms with E-state index in [1.165, 1.54) is 16.7 Å². The third-order valence-electron chi connectivity index (χ3n) is 2.67. The molecule has 0 unspecified atom stereocenters. The second-order valence-electron chi connectivity index (χ2n) is 3.74. The van der Waals surface area contributed by atoms with Crippen molar-refractivity contribution in [3.8, 4) is 0 Å². The Morgan fingerprint density at radius 2 is 2.23 bits per heavy atom. The van der Waals surface area contributed by atoms with Gasteiger partial charge in [-0.05, 0) is 25.0 Å². The molecule has 2 atom stereocenters. The number of nitrogens with two attached hydrogens (primary N) is 1. The monoisotopic (exact) mass is 177 g/mol. The van der Waals surface area contributed by atoms with E-state index in [0.29, 0.717) is 6.61 Å². The first-order valence-electron chi connectivity index (χ1n) is 4.65. The summed E-state index contributed by atoms with van der Waals surface area (Å²) >= 11 is 0. The summed E-state index contributed by atoms with van der Waals surface area (Å²) in [7, 11) is 0. The highest BCUT2D eigenvalue weighted by molar-refractivity contribution is 5.35. The molecule has 0 saturated heterocycles. The Morgan fingerprint density at radius 1 is 1.46 bits per heavy atom. The molecule has 0 radical (unpaired) electrons. The highest BCUT2D eigenvalue weighted by Crippen LogP contribution is 2.27. The van der Waals surface area contributed by atoms with Crippen molar-refractivity contribution in [2.45, 2.75) is 32.6 Å². The molecule has 1 heterocycles. The van der Waals surface area contributed by atoms with Gasteiger partial charge in [0, 0.05) is 0 Å². The van der Waals surface area contributed by atoms with Gasteiger partial charge in [0.2, 0.25) is 0 Å². The van der Waals surface area contributed by atoms with E-state index >= 15 is 0 Å². The topological polar surface area (TPSA) is 35.2 Å². The first kappa shape index (κ1) is 8.73. The van der Waals surface area contributed by atoms with Crippen molar-refractivity contribution >= 4 is 0 Å². The smallest absolute Gasteiger partial charge is 0.0744 e. The maximum Gasteiger partial charge on any atom is 0.0744 e. The van der Waals surface area contributed by atoms with Crippen LogP contribution in [0.2, 0.25) is 0 Å². The molecule has 13 heavy (non-hydrogen) atoms. The molecule has 0 amide bonds. The van der Waals surface area contributed by atoms with Crippen LogP contribution in [0.5, 0.6) is 0 Å². The van der Waals surface area contributed by atoms with Gasteiger partial charge in [-0.1, -0.05) is 23.8 Å². The molecule has 0 aliphatic carbocycles. The maximum atomic E-state index is 6.03. The number of fused-ring (bicyclic) bond motifs is 1. The fourth-order valence-electron chi connectivity index (χ4n) is 1.73. The number of aryl methyl sites for hydroxylation is 1. The van der Waals surface area contributed by atoms with Crippen molar-refractivity contribution in [2.24, 2.45) is 5.73 Å². The van der Waals surface area contributed by atoms with E-state index in [-0.39, 0.29) is 12.1 Å². The second kappa shape index (κ2) is 3.13. The predicted molar refractivity (Wildman–Crippen MR) is 52.4 cm³/mol. The van der Waals surface area contributed by atoms with Crippen LogP contribution in [0.3, 0.4) is 0 Å². The van der Waals surface area contributed by atoms with Crippen molar-refractivity contribution < 1.29 is 4.74 Å². The van der Waals surface area contributed by atoms with Crippen LogP contribution in [0.15, 0.2) is 18.2 Å². The molecule has 1 aliphatic rings. The molecule has 1 aromatic carbocycles. The van der Waals surface area contributed by atoms with Crippen LogP contribution >= 0.6 is 0 Å².